The number of nitrogens with zero attached hydrogens (tertiary/aromatic N) is 3. The van der Waals surface area contributed by atoms with Gasteiger partial charge >= 0.3 is 0 Å². The number of aromatic amines is 1. The lowest BCUT2D eigenvalue weighted by molar-refractivity contribution is -0.133. The van der Waals surface area contributed by atoms with Crippen LogP contribution in [-0.2, 0) is 11.3 Å². The zero-order valence-electron chi connectivity index (χ0n) is 21.8. The third-order valence-electron chi connectivity index (χ3n) is 7.13. The number of rotatable bonds is 9. The number of nitrogens with one attached hydrogen (secondary N) is 2. The van der Waals surface area contributed by atoms with Crippen molar-refractivity contribution < 1.29 is 19.1 Å². The second kappa shape index (κ2) is 11.5. The van der Waals surface area contributed by atoms with Crippen molar-refractivity contribution >= 4 is 23.2 Å². The van der Waals surface area contributed by atoms with Crippen molar-refractivity contribution in [2.75, 3.05) is 12.4 Å². The summed E-state index contributed by atoms with van der Waals surface area (Å²) in [4.78, 5) is 25.4. The summed E-state index contributed by atoms with van der Waals surface area (Å²) in [5.74, 6) is 1.13. The molecule has 2 aliphatic rings. The van der Waals surface area contributed by atoms with Crippen LogP contribution in [0.3, 0.4) is 0 Å². The van der Waals surface area contributed by atoms with Crippen molar-refractivity contribution in [1.29, 1.82) is 0 Å². The topological polar surface area (TPSA) is 109 Å². The number of carbonyl (C=O) groups is 2. The Morgan fingerprint density at radius 1 is 1.13 bits per heavy atom. The SMILES string of the molecule is CCC1CC(=O)N(Cc2cccc(NC(=O)c3ccn[nH]3)c2)N=C1c1ccc(OC)c(OC2CCCC2)c1. The van der Waals surface area contributed by atoms with E-state index in [1.165, 1.54) is 24.0 Å². The normalized spacial score (nSPS) is 17.8. The van der Waals surface area contributed by atoms with Gasteiger partial charge in [-0.25, -0.2) is 5.01 Å². The monoisotopic (exact) mass is 515 g/mol. The highest BCUT2D eigenvalue weighted by molar-refractivity contribution is 6.06. The molecular weight excluding hydrogens is 482 g/mol. The fourth-order valence-electron chi connectivity index (χ4n) is 5.05. The minimum Gasteiger partial charge on any atom is -0.493 e. The Balaban J connectivity index is 1.38. The van der Waals surface area contributed by atoms with Gasteiger partial charge < -0.3 is 14.8 Å². The molecular formula is C29H33N5O4. The van der Waals surface area contributed by atoms with Crippen LogP contribution in [0.15, 0.2) is 59.8 Å². The molecule has 0 spiro atoms. The van der Waals surface area contributed by atoms with E-state index >= 15 is 0 Å². The molecule has 2 heterocycles. The Bertz CT molecular complexity index is 1310. The Morgan fingerprint density at radius 3 is 2.71 bits per heavy atom. The standard InChI is InChI=1S/C29H33N5O4/c1-3-20-17-27(35)34(18-19-7-6-8-22(15-19)31-29(36)24-13-14-30-32-24)33-28(20)21-11-12-25(37-2)26(16-21)38-23-9-4-5-10-23/h6-8,11-16,20,23H,3-5,9-10,17-18H2,1-2H3,(H,30,32)(H,31,36). The number of hydrogen-bond donors (Lipinski definition) is 2. The lowest BCUT2D eigenvalue weighted by Crippen LogP contribution is -2.36. The number of anilines is 1. The van der Waals surface area contributed by atoms with Crippen LogP contribution in [0.25, 0.3) is 0 Å². The molecule has 0 radical (unpaired) electrons. The first-order chi connectivity index (χ1) is 18.5. The third-order valence-corrected chi connectivity index (χ3v) is 7.13. The molecule has 1 aliphatic heterocycles. The molecule has 3 aromatic rings. The Labute approximate surface area is 222 Å². The molecule has 9 nitrogen and oxygen atoms in total. The van der Waals surface area contributed by atoms with Crippen LogP contribution in [0.5, 0.6) is 11.5 Å². The zero-order chi connectivity index (χ0) is 26.5. The Kier molecular flexibility index (Phi) is 7.72. The molecule has 1 unspecified atom stereocenters. The largest absolute Gasteiger partial charge is 0.493 e. The lowest BCUT2D eigenvalue weighted by atomic mass is 9.89. The molecule has 1 aromatic heterocycles. The van der Waals surface area contributed by atoms with Gasteiger partial charge in [0, 0.05) is 29.8 Å². The number of hydrazone groups is 1. The highest BCUT2D eigenvalue weighted by Crippen LogP contribution is 2.34. The van der Waals surface area contributed by atoms with E-state index in [-0.39, 0.29) is 23.8 Å². The summed E-state index contributed by atoms with van der Waals surface area (Å²) in [5, 5.41) is 15.7. The average Bonchev–Trinajstić information content (AvgIpc) is 3.65. The molecule has 0 bridgehead atoms. The first-order valence-corrected chi connectivity index (χ1v) is 13.2. The number of H-pyrrole nitrogens is 1. The fraction of sp³-hybridized carbons (Fsp3) is 0.379. The van der Waals surface area contributed by atoms with Gasteiger partial charge in [0.25, 0.3) is 5.91 Å². The number of carbonyl (C=O) groups excluding carboxylic acids is 2. The lowest BCUT2D eigenvalue weighted by Gasteiger charge is -2.29. The average molecular weight is 516 g/mol. The molecule has 1 aliphatic carbocycles. The summed E-state index contributed by atoms with van der Waals surface area (Å²) in [7, 11) is 1.65. The molecule has 0 saturated heterocycles. The molecule has 9 heteroatoms. The van der Waals surface area contributed by atoms with Crippen molar-refractivity contribution in [3.05, 3.63) is 71.5 Å². The second-order valence-electron chi connectivity index (χ2n) is 9.76. The van der Waals surface area contributed by atoms with Crippen LogP contribution in [0.1, 0.15) is 67.1 Å². The van der Waals surface area contributed by atoms with Gasteiger partial charge in [0.2, 0.25) is 5.91 Å². The van der Waals surface area contributed by atoms with Gasteiger partial charge in [-0.3, -0.25) is 14.7 Å². The smallest absolute Gasteiger partial charge is 0.273 e. The third kappa shape index (κ3) is 5.72. The zero-order valence-corrected chi connectivity index (χ0v) is 21.8. The minimum absolute atomic E-state index is 0.0199. The summed E-state index contributed by atoms with van der Waals surface area (Å²) in [6.45, 7) is 2.38. The van der Waals surface area contributed by atoms with Crippen LogP contribution in [-0.4, -0.2) is 45.9 Å². The van der Waals surface area contributed by atoms with Crippen molar-refractivity contribution in [3.63, 3.8) is 0 Å². The van der Waals surface area contributed by atoms with Crippen molar-refractivity contribution in [2.45, 2.75) is 58.1 Å². The van der Waals surface area contributed by atoms with Crippen LogP contribution >= 0.6 is 0 Å². The maximum Gasteiger partial charge on any atom is 0.273 e. The first-order valence-electron chi connectivity index (χ1n) is 13.2. The maximum atomic E-state index is 13.1. The molecule has 1 fully saturated rings. The minimum atomic E-state index is -0.282. The number of methoxy groups -OCH3 is 1. The van der Waals surface area contributed by atoms with Crippen LogP contribution < -0.4 is 14.8 Å². The number of aromatic nitrogens is 2. The summed E-state index contributed by atoms with van der Waals surface area (Å²) in [6.07, 6.45) is 7.39. The number of benzene rings is 2. The summed E-state index contributed by atoms with van der Waals surface area (Å²) >= 11 is 0. The first kappa shape index (κ1) is 25.5. The number of amides is 2. The summed E-state index contributed by atoms with van der Waals surface area (Å²) < 4.78 is 11.9. The number of hydrogen-bond acceptors (Lipinski definition) is 6. The molecule has 2 N–H and O–H groups in total. The highest BCUT2D eigenvalue weighted by Gasteiger charge is 2.30. The van der Waals surface area contributed by atoms with E-state index in [2.05, 4.69) is 22.4 Å². The van der Waals surface area contributed by atoms with E-state index in [4.69, 9.17) is 14.6 Å². The predicted molar refractivity (Wildman–Crippen MR) is 144 cm³/mol. The fourth-order valence-corrected chi connectivity index (χ4v) is 5.05. The van der Waals surface area contributed by atoms with Gasteiger partial charge in [-0.05, 0) is 74.1 Å². The van der Waals surface area contributed by atoms with Gasteiger partial charge in [-0.15, -0.1) is 0 Å². The van der Waals surface area contributed by atoms with E-state index in [1.807, 2.05) is 36.4 Å². The molecule has 5 rings (SSSR count). The molecule has 38 heavy (non-hydrogen) atoms. The van der Waals surface area contributed by atoms with E-state index in [9.17, 15) is 9.59 Å². The quantitative estimate of drug-likeness (QED) is 0.409. The number of ether oxygens (including phenoxy) is 2. The Hall–Kier alpha value is -4.14. The van der Waals surface area contributed by atoms with E-state index in [1.54, 1.807) is 19.2 Å². The van der Waals surface area contributed by atoms with Crippen molar-refractivity contribution in [1.82, 2.24) is 15.2 Å². The predicted octanol–water partition coefficient (Wildman–Crippen LogP) is 5.15. The molecule has 1 saturated carbocycles. The summed E-state index contributed by atoms with van der Waals surface area (Å²) in [6, 6.07) is 14.9. The van der Waals surface area contributed by atoms with Gasteiger partial charge in [-0.2, -0.15) is 10.2 Å². The van der Waals surface area contributed by atoms with Gasteiger partial charge in [0.05, 0.1) is 25.5 Å². The second-order valence-corrected chi connectivity index (χ2v) is 9.76. The van der Waals surface area contributed by atoms with E-state index in [0.29, 0.717) is 30.1 Å². The highest BCUT2D eigenvalue weighted by atomic mass is 16.5. The summed E-state index contributed by atoms with van der Waals surface area (Å²) in [5.41, 5.74) is 3.67. The van der Waals surface area contributed by atoms with Gasteiger partial charge in [-0.1, -0.05) is 19.1 Å². The van der Waals surface area contributed by atoms with Crippen LogP contribution in [0, 0.1) is 5.92 Å². The van der Waals surface area contributed by atoms with E-state index < -0.39 is 0 Å². The van der Waals surface area contributed by atoms with Gasteiger partial charge in [0.15, 0.2) is 11.5 Å². The molecule has 2 aromatic carbocycles. The molecule has 1 atom stereocenters. The molecule has 2 amide bonds. The van der Waals surface area contributed by atoms with E-state index in [0.717, 1.165) is 41.9 Å². The van der Waals surface area contributed by atoms with Crippen LogP contribution in [0.2, 0.25) is 0 Å². The van der Waals surface area contributed by atoms with Crippen molar-refractivity contribution in [2.24, 2.45) is 11.0 Å². The van der Waals surface area contributed by atoms with Crippen LogP contribution in [0.4, 0.5) is 5.69 Å². The molecule has 198 valence electrons. The van der Waals surface area contributed by atoms with Crippen molar-refractivity contribution in [3.8, 4) is 11.5 Å². The van der Waals surface area contributed by atoms with Gasteiger partial charge in [0.1, 0.15) is 5.69 Å². The Morgan fingerprint density at radius 2 is 1.97 bits per heavy atom. The maximum absolute atomic E-state index is 13.1.